The van der Waals surface area contributed by atoms with Gasteiger partial charge in [0.05, 0.1) is 10.5 Å². The molecule has 1 amide bonds. The van der Waals surface area contributed by atoms with Crippen molar-refractivity contribution in [1.82, 2.24) is 5.16 Å². The third kappa shape index (κ3) is 4.27. The van der Waals surface area contributed by atoms with Crippen molar-refractivity contribution < 1.29 is 23.8 Å². The number of hydrogen-bond donors (Lipinski definition) is 1. The van der Waals surface area contributed by atoms with E-state index in [4.69, 9.17) is 9.26 Å². The van der Waals surface area contributed by atoms with E-state index in [1.165, 1.54) is 25.1 Å². The van der Waals surface area contributed by atoms with Crippen molar-refractivity contribution in [3.8, 4) is 0 Å². The van der Waals surface area contributed by atoms with E-state index in [1.54, 1.807) is 13.0 Å². The van der Waals surface area contributed by atoms with Gasteiger partial charge in [0.2, 0.25) is 0 Å². The second-order valence-electron chi connectivity index (χ2n) is 6.51. The van der Waals surface area contributed by atoms with Gasteiger partial charge in [0.1, 0.15) is 11.4 Å². The van der Waals surface area contributed by atoms with Crippen molar-refractivity contribution in [1.29, 1.82) is 0 Å². The largest absolute Gasteiger partial charge is 0.449 e. The first-order valence-electron chi connectivity index (χ1n) is 8.83. The number of carbonyl (C=O) groups excluding carboxylic acids is 2. The summed E-state index contributed by atoms with van der Waals surface area (Å²) in [6, 6.07) is 5.71. The topological polar surface area (TPSA) is 128 Å². The van der Waals surface area contributed by atoms with Crippen LogP contribution in [0.3, 0.4) is 0 Å². The summed E-state index contributed by atoms with van der Waals surface area (Å²) in [7, 11) is 0. The van der Waals surface area contributed by atoms with Crippen LogP contribution in [-0.2, 0) is 9.53 Å². The molecular weight excluding hydrogens is 368 g/mol. The van der Waals surface area contributed by atoms with Gasteiger partial charge in [0.15, 0.2) is 11.9 Å². The summed E-state index contributed by atoms with van der Waals surface area (Å²) in [5, 5.41) is 17.5. The lowest BCUT2D eigenvalue weighted by Gasteiger charge is -2.18. The van der Waals surface area contributed by atoms with Crippen molar-refractivity contribution >= 4 is 29.1 Å². The summed E-state index contributed by atoms with van der Waals surface area (Å²) in [5.74, 6) is -0.693. The first kappa shape index (κ1) is 19.3. The highest BCUT2D eigenvalue weighted by Gasteiger charge is 2.26. The average Bonchev–Trinajstić information content (AvgIpc) is 3.33. The lowest BCUT2D eigenvalue weighted by atomic mass is 10.1. The van der Waals surface area contributed by atoms with E-state index in [2.05, 4.69) is 10.5 Å². The summed E-state index contributed by atoms with van der Waals surface area (Å²) < 4.78 is 9.98. The van der Waals surface area contributed by atoms with Crippen LogP contribution >= 0.6 is 0 Å². The van der Waals surface area contributed by atoms with Gasteiger partial charge in [-0.3, -0.25) is 14.9 Å². The molecule has 1 atom stereocenters. The number of anilines is 2. The van der Waals surface area contributed by atoms with E-state index in [0.717, 1.165) is 25.9 Å². The molecule has 10 heteroatoms. The van der Waals surface area contributed by atoms with Crippen molar-refractivity contribution in [3.05, 3.63) is 45.7 Å². The molecule has 1 N–H and O–H groups in total. The fourth-order valence-corrected chi connectivity index (χ4v) is 2.96. The highest BCUT2D eigenvalue weighted by atomic mass is 16.6. The van der Waals surface area contributed by atoms with Gasteiger partial charge in [-0.25, -0.2) is 4.79 Å². The molecule has 28 heavy (non-hydrogen) atoms. The molecule has 1 aliphatic heterocycles. The summed E-state index contributed by atoms with van der Waals surface area (Å²) in [5.41, 5.74) is 0.323. The number of nitro benzene ring substituents is 1. The van der Waals surface area contributed by atoms with Gasteiger partial charge in [-0.05, 0) is 38.8 Å². The standard InChI is InChI=1S/C18H20N4O6/c1-11-9-16(20-28-11)19-17(23)12(2)27-18(24)13-5-6-14(15(10-13)22(25)26)21-7-3-4-8-21/h5-6,9-10,12H,3-4,7-8H2,1-2H3,(H,19,20,23). The molecule has 0 aliphatic carbocycles. The summed E-state index contributed by atoms with van der Waals surface area (Å²) in [4.78, 5) is 37.3. The predicted molar refractivity (Wildman–Crippen MR) is 99.3 cm³/mol. The third-order valence-corrected chi connectivity index (χ3v) is 4.39. The van der Waals surface area contributed by atoms with E-state index in [9.17, 15) is 19.7 Å². The number of benzene rings is 1. The Labute approximate surface area is 160 Å². The minimum absolute atomic E-state index is 0.00609. The number of aryl methyl sites for hydroxylation is 1. The van der Waals surface area contributed by atoms with Crippen LogP contribution in [0, 0.1) is 17.0 Å². The lowest BCUT2D eigenvalue weighted by molar-refractivity contribution is -0.384. The maximum atomic E-state index is 12.4. The van der Waals surface area contributed by atoms with Crippen molar-refractivity contribution in [2.75, 3.05) is 23.3 Å². The minimum atomic E-state index is -1.12. The number of esters is 1. The van der Waals surface area contributed by atoms with Crippen LogP contribution in [0.1, 0.15) is 35.9 Å². The van der Waals surface area contributed by atoms with Gasteiger partial charge >= 0.3 is 5.97 Å². The highest BCUT2D eigenvalue weighted by molar-refractivity contribution is 5.97. The minimum Gasteiger partial charge on any atom is -0.449 e. The first-order chi connectivity index (χ1) is 13.3. The molecule has 0 bridgehead atoms. The van der Waals surface area contributed by atoms with E-state index in [1.807, 2.05) is 4.90 Å². The van der Waals surface area contributed by atoms with E-state index < -0.39 is 22.9 Å². The van der Waals surface area contributed by atoms with Gasteiger partial charge in [-0.2, -0.15) is 0 Å². The van der Waals surface area contributed by atoms with E-state index in [0.29, 0.717) is 11.4 Å². The molecule has 1 aromatic heterocycles. The Morgan fingerprint density at radius 3 is 2.64 bits per heavy atom. The summed E-state index contributed by atoms with van der Waals surface area (Å²) >= 11 is 0. The summed E-state index contributed by atoms with van der Waals surface area (Å²) in [6.07, 6.45) is 0.818. The molecule has 1 fully saturated rings. The Balaban J connectivity index is 1.70. The van der Waals surface area contributed by atoms with E-state index in [-0.39, 0.29) is 17.1 Å². The maximum Gasteiger partial charge on any atom is 0.339 e. The number of amides is 1. The average molecular weight is 388 g/mol. The number of ether oxygens (including phenoxy) is 1. The Morgan fingerprint density at radius 1 is 1.32 bits per heavy atom. The van der Waals surface area contributed by atoms with Crippen LogP contribution in [0.5, 0.6) is 0 Å². The van der Waals surface area contributed by atoms with Crippen LogP contribution in [0.25, 0.3) is 0 Å². The monoisotopic (exact) mass is 388 g/mol. The molecule has 2 heterocycles. The van der Waals surface area contributed by atoms with Gasteiger partial charge in [-0.15, -0.1) is 0 Å². The molecular formula is C18H20N4O6. The van der Waals surface area contributed by atoms with Gasteiger partial charge in [0.25, 0.3) is 11.6 Å². The number of nitro groups is 1. The molecule has 148 valence electrons. The number of hydrogen-bond acceptors (Lipinski definition) is 8. The second-order valence-corrected chi connectivity index (χ2v) is 6.51. The number of aromatic nitrogens is 1. The third-order valence-electron chi connectivity index (χ3n) is 4.39. The number of carbonyl (C=O) groups is 2. The van der Waals surface area contributed by atoms with Crippen LogP contribution in [0.15, 0.2) is 28.8 Å². The molecule has 1 unspecified atom stereocenters. The number of rotatable bonds is 6. The zero-order chi connectivity index (χ0) is 20.3. The van der Waals surface area contributed by atoms with Crippen LogP contribution in [0.2, 0.25) is 0 Å². The Hall–Kier alpha value is -3.43. The fourth-order valence-electron chi connectivity index (χ4n) is 2.96. The fraction of sp³-hybridized carbons (Fsp3) is 0.389. The Kier molecular flexibility index (Phi) is 5.57. The Morgan fingerprint density at radius 2 is 2.04 bits per heavy atom. The van der Waals surface area contributed by atoms with Crippen molar-refractivity contribution in [3.63, 3.8) is 0 Å². The number of nitrogens with zero attached hydrogens (tertiary/aromatic N) is 3. The van der Waals surface area contributed by atoms with E-state index >= 15 is 0 Å². The summed E-state index contributed by atoms with van der Waals surface area (Å²) in [6.45, 7) is 4.55. The highest BCUT2D eigenvalue weighted by Crippen LogP contribution is 2.32. The zero-order valence-electron chi connectivity index (χ0n) is 15.5. The van der Waals surface area contributed by atoms with Gasteiger partial charge in [-0.1, -0.05) is 5.16 Å². The zero-order valence-corrected chi connectivity index (χ0v) is 15.5. The molecule has 10 nitrogen and oxygen atoms in total. The van der Waals surface area contributed by atoms with Crippen LogP contribution in [0.4, 0.5) is 17.2 Å². The molecule has 3 rings (SSSR count). The lowest BCUT2D eigenvalue weighted by Crippen LogP contribution is -2.30. The van der Waals surface area contributed by atoms with Crippen molar-refractivity contribution in [2.45, 2.75) is 32.8 Å². The molecule has 0 saturated carbocycles. The van der Waals surface area contributed by atoms with Crippen LogP contribution < -0.4 is 10.2 Å². The van der Waals surface area contributed by atoms with Gasteiger partial charge < -0.3 is 19.5 Å². The predicted octanol–water partition coefficient (Wildman–Crippen LogP) is 2.68. The molecule has 1 aromatic carbocycles. The maximum absolute atomic E-state index is 12.4. The van der Waals surface area contributed by atoms with Crippen LogP contribution in [-0.4, -0.2) is 41.1 Å². The molecule has 1 saturated heterocycles. The second kappa shape index (κ2) is 8.07. The number of nitrogens with one attached hydrogen (secondary N) is 1. The normalized spacial score (nSPS) is 14.6. The smallest absolute Gasteiger partial charge is 0.339 e. The first-order valence-corrected chi connectivity index (χ1v) is 8.83. The van der Waals surface area contributed by atoms with Gasteiger partial charge in [0, 0.05) is 25.2 Å². The molecule has 1 aliphatic rings. The quantitative estimate of drug-likeness (QED) is 0.454. The SMILES string of the molecule is Cc1cc(NC(=O)C(C)OC(=O)c2ccc(N3CCCC3)c([N+](=O)[O-])c2)no1. The molecule has 0 spiro atoms. The molecule has 2 aromatic rings. The molecule has 0 radical (unpaired) electrons. The Bertz CT molecular complexity index is 903. The van der Waals surface area contributed by atoms with Crippen molar-refractivity contribution in [2.24, 2.45) is 0 Å².